The van der Waals surface area contributed by atoms with Gasteiger partial charge in [0.2, 0.25) is 0 Å². The minimum atomic E-state index is 0.759. The molecule has 4 nitrogen and oxygen atoms in total. The van der Waals surface area contributed by atoms with Gasteiger partial charge in [-0.05, 0) is 44.0 Å². The first-order valence-corrected chi connectivity index (χ1v) is 9.37. The summed E-state index contributed by atoms with van der Waals surface area (Å²) < 4.78 is 0. The summed E-state index contributed by atoms with van der Waals surface area (Å²) in [5, 5.41) is 1.08. The highest BCUT2D eigenvalue weighted by molar-refractivity contribution is 6.33. The maximum Gasteiger partial charge on any atom is 0.0958 e. The molecule has 0 radical (unpaired) electrons. The Hall–Kier alpha value is -3.40. The van der Waals surface area contributed by atoms with Crippen LogP contribution in [0.1, 0.15) is 23.1 Å². The molecule has 4 rings (SSSR count). The van der Waals surface area contributed by atoms with Crippen LogP contribution in [0.2, 0.25) is 0 Å². The molecule has 1 aliphatic heterocycles. The van der Waals surface area contributed by atoms with Crippen molar-refractivity contribution < 1.29 is 0 Å². The highest BCUT2D eigenvalue weighted by atomic mass is 14.9. The Labute approximate surface area is 165 Å². The Morgan fingerprint density at radius 1 is 0.929 bits per heavy atom. The largest absolute Gasteiger partial charge is 0.254 e. The number of pyridine rings is 1. The molecule has 3 aromatic rings. The second-order valence-electron chi connectivity index (χ2n) is 7.05. The van der Waals surface area contributed by atoms with E-state index in [1.807, 2.05) is 42.8 Å². The molecule has 2 aromatic carbocycles. The fourth-order valence-electron chi connectivity index (χ4n) is 3.47. The van der Waals surface area contributed by atoms with Crippen LogP contribution >= 0.6 is 0 Å². The van der Waals surface area contributed by atoms with Crippen LogP contribution in [0.25, 0.3) is 10.9 Å². The van der Waals surface area contributed by atoms with Gasteiger partial charge in [-0.1, -0.05) is 42.0 Å². The number of hydrogen-bond donors (Lipinski definition) is 0. The first-order chi connectivity index (χ1) is 13.6. The molecule has 138 valence electrons. The third kappa shape index (κ3) is 3.81. The minimum absolute atomic E-state index is 0.759. The van der Waals surface area contributed by atoms with Crippen LogP contribution in [0.3, 0.4) is 0 Å². The van der Waals surface area contributed by atoms with Crippen molar-refractivity contribution in [3.05, 3.63) is 77.1 Å². The van der Waals surface area contributed by atoms with E-state index in [1.54, 1.807) is 6.20 Å². The maximum atomic E-state index is 4.67. The lowest BCUT2D eigenvalue weighted by Gasteiger charge is -2.06. The van der Waals surface area contributed by atoms with Crippen molar-refractivity contribution in [2.45, 2.75) is 27.2 Å². The Kier molecular flexibility index (Phi) is 4.94. The summed E-state index contributed by atoms with van der Waals surface area (Å²) in [6.07, 6.45) is 8.29. The average Bonchev–Trinajstić information content (AvgIpc) is 3.13. The van der Waals surface area contributed by atoms with Gasteiger partial charge < -0.3 is 0 Å². The molecular weight excluding hydrogens is 344 g/mol. The van der Waals surface area contributed by atoms with Gasteiger partial charge in [-0.25, -0.2) is 0 Å². The van der Waals surface area contributed by atoms with E-state index >= 15 is 0 Å². The number of fused-ring (bicyclic) bond motifs is 1. The normalized spacial score (nSPS) is 14.2. The van der Waals surface area contributed by atoms with Crippen LogP contribution in [-0.2, 0) is 0 Å². The zero-order valence-electron chi connectivity index (χ0n) is 16.3. The maximum absolute atomic E-state index is 4.67. The molecule has 28 heavy (non-hydrogen) atoms. The highest BCUT2D eigenvalue weighted by Crippen LogP contribution is 2.26. The van der Waals surface area contributed by atoms with Gasteiger partial charge >= 0.3 is 0 Å². The first-order valence-electron chi connectivity index (χ1n) is 9.37. The Bertz CT molecular complexity index is 1140. The molecule has 0 fully saturated rings. The van der Waals surface area contributed by atoms with E-state index in [1.165, 1.54) is 16.7 Å². The van der Waals surface area contributed by atoms with Crippen LogP contribution in [0.15, 0.2) is 75.4 Å². The number of aryl methyl sites for hydroxylation is 3. The number of rotatable bonds is 4. The van der Waals surface area contributed by atoms with E-state index in [9.17, 15) is 0 Å². The summed E-state index contributed by atoms with van der Waals surface area (Å²) in [4.78, 5) is 18.4. The van der Waals surface area contributed by atoms with Crippen molar-refractivity contribution in [3.63, 3.8) is 0 Å². The molecule has 1 aromatic heterocycles. The molecule has 0 aliphatic carbocycles. The predicted octanol–water partition coefficient (Wildman–Crippen LogP) is 5.99. The summed E-state index contributed by atoms with van der Waals surface area (Å²) in [5.41, 5.74) is 8.19. The van der Waals surface area contributed by atoms with Crippen LogP contribution < -0.4 is 0 Å². The lowest BCUT2D eigenvalue weighted by molar-refractivity contribution is 1.29. The van der Waals surface area contributed by atoms with E-state index < -0.39 is 0 Å². The van der Waals surface area contributed by atoms with Gasteiger partial charge in [-0.15, -0.1) is 0 Å². The van der Waals surface area contributed by atoms with Gasteiger partial charge in [0.1, 0.15) is 0 Å². The third-order valence-electron chi connectivity index (χ3n) is 4.72. The standard InChI is InChI=1S/C24H22N4/c1-16-12-17(2)23(18(3)13-16)27-15-21-10-9-20(28-21)14-26-22-8-4-6-19-7-5-11-25-24(19)22/h4-8,10-15H,9H2,1-3H3. The Morgan fingerprint density at radius 2 is 1.71 bits per heavy atom. The minimum Gasteiger partial charge on any atom is -0.254 e. The number of allylic oxidation sites excluding steroid dienone is 2. The number of aromatic nitrogens is 1. The smallest absolute Gasteiger partial charge is 0.0958 e. The number of aliphatic imine (C=N–C) groups is 3. The van der Waals surface area contributed by atoms with Crippen molar-refractivity contribution in [2.24, 2.45) is 15.0 Å². The van der Waals surface area contributed by atoms with E-state index in [4.69, 9.17) is 0 Å². The number of nitrogens with zero attached hydrogens (tertiary/aromatic N) is 4. The summed E-state index contributed by atoms with van der Waals surface area (Å²) in [5.74, 6) is 0. The molecule has 0 amide bonds. The van der Waals surface area contributed by atoms with Gasteiger partial charge in [-0.2, -0.15) is 0 Å². The van der Waals surface area contributed by atoms with Gasteiger partial charge in [0.15, 0.2) is 0 Å². The van der Waals surface area contributed by atoms with Crippen molar-refractivity contribution in [1.82, 2.24) is 4.98 Å². The average molecular weight is 366 g/mol. The molecule has 0 saturated heterocycles. The predicted molar refractivity (Wildman–Crippen MR) is 119 cm³/mol. The monoisotopic (exact) mass is 366 g/mol. The SMILES string of the molecule is Cc1cc(C)c(N=CC2=CCC(C=Nc3cccc4cccnc34)=N2)c(C)c1. The topological polar surface area (TPSA) is 50.0 Å². The molecule has 0 bridgehead atoms. The third-order valence-corrected chi connectivity index (χ3v) is 4.72. The van der Waals surface area contributed by atoms with Crippen LogP contribution in [-0.4, -0.2) is 23.1 Å². The van der Waals surface area contributed by atoms with E-state index in [0.29, 0.717) is 0 Å². The van der Waals surface area contributed by atoms with Gasteiger partial charge in [0.05, 0.1) is 34.5 Å². The molecule has 4 heteroatoms. The van der Waals surface area contributed by atoms with E-state index in [0.717, 1.165) is 40.1 Å². The Balaban J connectivity index is 1.52. The lowest BCUT2D eigenvalue weighted by atomic mass is 10.1. The summed E-state index contributed by atoms with van der Waals surface area (Å²) in [6.45, 7) is 6.29. The van der Waals surface area contributed by atoms with Crippen LogP contribution in [0.4, 0.5) is 11.4 Å². The van der Waals surface area contributed by atoms with Crippen LogP contribution in [0.5, 0.6) is 0 Å². The van der Waals surface area contributed by atoms with Crippen molar-refractivity contribution >= 4 is 40.4 Å². The Morgan fingerprint density at radius 3 is 2.54 bits per heavy atom. The number of para-hydroxylation sites is 1. The second-order valence-corrected chi connectivity index (χ2v) is 7.05. The molecule has 0 saturated carbocycles. The molecule has 1 aliphatic rings. The van der Waals surface area contributed by atoms with E-state index in [2.05, 4.69) is 58.9 Å². The van der Waals surface area contributed by atoms with Crippen molar-refractivity contribution in [2.75, 3.05) is 0 Å². The van der Waals surface area contributed by atoms with Crippen LogP contribution in [0, 0.1) is 20.8 Å². The number of hydrogen-bond acceptors (Lipinski definition) is 4. The molecule has 2 heterocycles. The quantitative estimate of drug-likeness (QED) is 0.523. The second kappa shape index (κ2) is 7.69. The van der Waals surface area contributed by atoms with Gasteiger partial charge in [-0.3, -0.25) is 20.0 Å². The number of benzene rings is 2. The van der Waals surface area contributed by atoms with E-state index in [-0.39, 0.29) is 0 Å². The lowest BCUT2D eigenvalue weighted by Crippen LogP contribution is -1.94. The zero-order chi connectivity index (χ0) is 19.5. The van der Waals surface area contributed by atoms with Crippen molar-refractivity contribution in [1.29, 1.82) is 0 Å². The highest BCUT2D eigenvalue weighted by Gasteiger charge is 2.07. The summed E-state index contributed by atoms with van der Waals surface area (Å²) in [7, 11) is 0. The molecule has 0 unspecified atom stereocenters. The summed E-state index contributed by atoms with van der Waals surface area (Å²) in [6, 6.07) is 14.3. The molecule has 0 atom stereocenters. The zero-order valence-corrected chi connectivity index (χ0v) is 16.3. The fourth-order valence-corrected chi connectivity index (χ4v) is 3.47. The molecular formula is C24H22N4. The van der Waals surface area contributed by atoms with Gasteiger partial charge in [0.25, 0.3) is 0 Å². The van der Waals surface area contributed by atoms with Gasteiger partial charge in [0, 0.05) is 24.2 Å². The first kappa shape index (κ1) is 18.0. The summed E-state index contributed by atoms with van der Waals surface area (Å²) >= 11 is 0. The van der Waals surface area contributed by atoms with Crippen molar-refractivity contribution in [3.8, 4) is 0 Å². The fraction of sp³-hybridized carbons (Fsp3) is 0.167. The molecule has 0 spiro atoms. The molecule has 0 N–H and O–H groups in total.